The van der Waals surface area contributed by atoms with Crippen LogP contribution in [0.2, 0.25) is 0 Å². The fraction of sp³-hybridized carbons (Fsp3) is 0.235. The van der Waals surface area contributed by atoms with E-state index in [1.54, 1.807) is 4.80 Å². The molecule has 5 nitrogen and oxygen atoms in total. The summed E-state index contributed by atoms with van der Waals surface area (Å²) in [4.78, 5) is 5.28. The Hall–Kier alpha value is -2.90. The van der Waals surface area contributed by atoms with Gasteiger partial charge < -0.3 is 4.74 Å². The highest BCUT2D eigenvalue weighted by Crippen LogP contribution is 2.30. The van der Waals surface area contributed by atoms with E-state index in [1.807, 2.05) is 44.2 Å². The van der Waals surface area contributed by atoms with E-state index in [-0.39, 0.29) is 6.04 Å². The first-order valence-corrected chi connectivity index (χ1v) is 7.58. The molecule has 1 aromatic carbocycles. The molecular weight excluding hydrogens is 333 g/mol. The van der Waals surface area contributed by atoms with Crippen molar-refractivity contribution in [2.75, 3.05) is 0 Å². The first-order chi connectivity index (χ1) is 11.8. The van der Waals surface area contributed by atoms with Crippen molar-refractivity contribution in [1.82, 2.24) is 20.0 Å². The lowest BCUT2D eigenvalue weighted by Crippen LogP contribution is -2.17. The minimum absolute atomic E-state index is 0.0389. The van der Waals surface area contributed by atoms with Crippen LogP contribution in [0.15, 0.2) is 48.7 Å². The van der Waals surface area contributed by atoms with Crippen LogP contribution < -0.4 is 4.74 Å². The molecule has 0 amide bonds. The molecule has 0 unspecified atom stereocenters. The zero-order valence-corrected chi connectivity index (χ0v) is 13.5. The van der Waals surface area contributed by atoms with Crippen LogP contribution in [0.5, 0.6) is 5.88 Å². The molecule has 3 aromatic rings. The SMILES string of the molecule is CC(C)n1nc(-c2ccccc2)c(-c2ccc(OC(F)(F)F)nc2)n1. The molecular formula is C17H15F3N4O. The van der Waals surface area contributed by atoms with Gasteiger partial charge in [-0.25, -0.2) is 4.98 Å². The Morgan fingerprint density at radius 2 is 1.56 bits per heavy atom. The lowest BCUT2D eigenvalue weighted by molar-refractivity contribution is -0.276. The molecule has 0 spiro atoms. The van der Waals surface area contributed by atoms with Crippen LogP contribution in [-0.4, -0.2) is 26.3 Å². The average molecular weight is 348 g/mol. The molecule has 0 aliphatic carbocycles. The van der Waals surface area contributed by atoms with Crippen LogP contribution in [0.25, 0.3) is 22.5 Å². The van der Waals surface area contributed by atoms with Crippen molar-refractivity contribution in [3.05, 3.63) is 48.7 Å². The van der Waals surface area contributed by atoms with Crippen molar-refractivity contribution in [2.45, 2.75) is 26.3 Å². The summed E-state index contributed by atoms with van der Waals surface area (Å²) in [6.07, 6.45) is -3.48. The van der Waals surface area contributed by atoms with Crippen LogP contribution in [0.3, 0.4) is 0 Å². The van der Waals surface area contributed by atoms with Crippen molar-refractivity contribution < 1.29 is 17.9 Å². The maximum atomic E-state index is 12.3. The van der Waals surface area contributed by atoms with Crippen molar-refractivity contribution >= 4 is 0 Å². The summed E-state index contributed by atoms with van der Waals surface area (Å²) in [6, 6.07) is 12.1. The fourth-order valence-electron chi connectivity index (χ4n) is 2.24. The van der Waals surface area contributed by atoms with Gasteiger partial charge in [0.15, 0.2) is 0 Å². The molecule has 2 heterocycles. The van der Waals surface area contributed by atoms with E-state index < -0.39 is 12.2 Å². The minimum Gasteiger partial charge on any atom is -0.388 e. The molecule has 0 saturated heterocycles. The highest BCUT2D eigenvalue weighted by atomic mass is 19.4. The van der Waals surface area contributed by atoms with Crippen molar-refractivity contribution in [3.8, 4) is 28.4 Å². The standard InChI is InChI=1S/C17H15F3N4O/c1-11(2)24-22-15(12-6-4-3-5-7-12)16(23-24)13-8-9-14(21-10-13)25-17(18,19)20/h3-11H,1-2H3. The topological polar surface area (TPSA) is 52.8 Å². The molecule has 130 valence electrons. The number of aromatic nitrogens is 4. The highest BCUT2D eigenvalue weighted by molar-refractivity contribution is 5.77. The largest absolute Gasteiger partial charge is 0.574 e. The first kappa shape index (κ1) is 16.9. The Labute approximate surface area is 142 Å². The van der Waals surface area contributed by atoms with Crippen LogP contribution in [0.4, 0.5) is 13.2 Å². The molecule has 8 heteroatoms. The van der Waals surface area contributed by atoms with Crippen molar-refractivity contribution in [1.29, 1.82) is 0 Å². The van der Waals surface area contributed by atoms with Gasteiger partial charge in [0.25, 0.3) is 0 Å². The molecule has 3 rings (SSSR count). The van der Waals surface area contributed by atoms with Gasteiger partial charge in [0.2, 0.25) is 5.88 Å². The zero-order chi connectivity index (χ0) is 18.0. The van der Waals surface area contributed by atoms with Crippen molar-refractivity contribution in [3.63, 3.8) is 0 Å². The number of hydrogen-bond acceptors (Lipinski definition) is 4. The van der Waals surface area contributed by atoms with E-state index >= 15 is 0 Å². The van der Waals surface area contributed by atoms with Gasteiger partial charge in [-0.1, -0.05) is 30.3 Å². The van der Waals surface area contributed by atoms with Gasteiger partial charge in [0, 0.05) is 23.4 Å². The third kappa shape index (κ3) is 3.96. The quantitative estimate of drug-likeness (QED) is 0.697. The van der Waals surface area contributed by atoms with Gasteiger partial charge in [-0.05, 0) is 19.9 Å². The van der Waals surface area contributed by atoms with Crippen LogP contribution in [0.1, 0.15) is 19.9 Å². The van der Waals surface area contributed by atoms with Crippen LogP contribution >= 0.6 is 0 Å². The predicted molar refractivity (Wildman–Crippen MR) is 85.8 cm³/mol. The second-order valence-corrected chi connectivity index (χ2v) is 5.61. The number of pyridine rings is 1. The monoisotopic (exact) mass is 348 g/mol. The molecule has 0 aliphatic heterocycles. The van der Waals surface area contributed by atoms with Crippen molar-refractivity contribution in [2.24, 2.45) is 0 Å². The summed E-state index contributed by atoms with van der Waals surface area (Å²) in [6.45, 7) is 3.88. The molecule has 0 aliphatic rings. The Bertz CT molecular complexity index is 843. The number of rotatable bonds is 4. The normalized spacial score (nSPS) is 11.8. The Morgan fingerprint density at radius 3 is 2.08 bits per heavy atom. The summed E-state index contributed by atoms with van der Waals surface area (Å²) in [7, 11) is 0. The number of nitrogens with zero attached hydrogens (tertiary/aromatic N) is 4. The molecule has 0 N–H and O–H groups in total. The predicted octanol–water partition coefficient (Wildman–Crippen LogP) is 4.49. The van der Waals surface area contributed by atoms with Crippen LogP contribution in [0, 0.1) is 0 Å². The average Bonchev–Trinajstić information content (AvgIpc) is 3.00. The summed E-state index contributed by atoms with van der Waals surface area (Å²) in [5, 5.41) is 8.97. The Balaban J connectivity index is 2.01. The van der Waals surface area contributed by atoms with E-state index in [4.69, 9.17) is 0 Å². The molecule has 0 saturated carbocycles. The van der Waals surface area contributed by atoms with Crippen LogP contribution in [-0.2, 0) is 0 Å². The third-order valence-corrected chi connectivity index (χ3v) is 3.37. The molecule has 0 fully saturated rings. The van der Waals surface area contributed by atoms with E-state index in [9.17, 15) is 13.2 Å². The number of benzene rings is 1. The molecule has 2 aromatic heterocycles. The smallest absolute Gasteiger partial charge is 0.388 e. The van der Waals surface area contributed by atoms with E-state index in [0.717, 1.165) is 11.6 Å². The maximum Gasteiger partial charge on any atom is 0.574 e. The number of hydrogen-bond donors (Lipinski definition) is 0. The van der Waals surface area contributed by atoms with Gasteiger partial charge in [-0.3, -0.25) is 0 Å². The lowest BCUT2D eigenvalue weighted by Gasteiger charge is -2.08. The molecule has 0 atom stereocenters. The first-order valence-electron chi connectivity index (χ1n) is 7.58. The number of ether oxygens (including phenoxy) is 1. The van der Waals surface area contributed by atoms with Gasteiger partial charge in [0.05, 0.1) is 6.04 Å². The van der Waals surface area contributed by atoms with E-state index in [1.165, 1.54) is 12.3 Å². The summed E-state index contributed by atoms with van der Waals surface area (Å²) >= 11 is 0. The minimum atomic E-state index is -4.77. The fourth-order valence-corrected chi connectivity index (χ4v) is 2.24. The lowest BCUT2D eigenvalue weighted by atomic mass is 10.1. The second-order valence-electron chi connectivity index (χ2n) is 5.61. The number of halogens is 3. The number of alkyl halides is 3. The Kier molecular flexibility index (Phi) is 4.43. The zero-order valence-electron chi connectivity index (χ0n) is 13.5. The third-order valence-electron chi connectivity index (χ3n) is 3.37. The second kappa shape index (κ2) is 6.54. The summed E-state index contributed by atoms with van der Waals surface area (Å²) in [5.41, 5.74) is 2.60. The van der Waals surface area contributed by atoms with Gasteiger partial charge in [0.1, 0.15) is 11.4 Å². The molecule has 25 heavy (non-hydrogen) atoms. The molecule has 0 radical (unpaired) electrons. The van der Waals surface area contributed by atoms with Gasteiger partial charge in [-0.2, -0.15) is 15.0 Å². The summed E-state index contributed by atoms with van der Waals surface area (Å²) in [5.74, 6) is -0.520. The van der Waals surface area contributed by atoms with Gasteiger partial charge in [-0.15, -0.1) is 13.2 Å². The molecule has 0 bridgehead atoms. The maximum absolute atomic E-state index is 12.3. The Morgan fingerprint density at radius 1 is 0.920 bits per heavy atom. The van der Waals surface area contributed by atoms with E-state index in [0.29, 0.717) is 17.0 Å². The van der Waals surface area contributed by atoms with Gasteiger partial charge >= 0.3 is 6.36 Å². The van der Waals surface area contributed by atoms with E-state index in [2.05, 4.69) is 19.9 Å². The summed E-state index contributed by atoms with van der Waals surface area (Å²) < 4.78 is 40.6. The highest BCUT2D eigenvalue weighted by Gasteiger charge is 2.31.